The first-order chi connectivity index (χ1) is 7.84. The van der Waals surface area contributed by atoms with Crippen molar-refractivity contribution in [3.8, 4) is 0 Å². The summed E-state index contributed by atoms with van der Waals surface area (Å²) in [5, 5.41) is 4.11. The smallest absolute Gasteiger partial charge is 0.265 e. The molecule has 2 aliphatic rings. The lowest BCUT2D eigenvalue weighted by Gasteiger charge is -2.05. The monoisotopic (exact) mass is 229 g/mol. The first-order valence-electron chi connectivity index (χ1n) is 4.78. The Morgan fingerprint density at radius 1 is 1.25 bits per heavy atom. The zero-order valence-electron chi connectivity index (χ0n) is 8.25. The van der Waals surface area contributed by atoms with E-state index in [1.165, 1.54) is 11.9 Å². The second-order valence-electron chi connectivity index (χ2n) is 3.47. The Bertz CT molecular complexity index is 564. The van der Waals surface area contributed by atoms with Gasteiger partial charge in [-0.15, -0.1) is 0 Å². The van der Waals surface area contributed by atoms with Crippen molar-refractivity contribution in [3.63, 3.8) is 0 Å². The third-order valence-electron chi connectivity index (χ3n) is 2.42. The molecule has 3 heterocycles. The van der Waals surface area contributed by atoms with Gasteiger partial charge in [0.25, 0.3) is 5.91 Å². The van der Waals surface area contributed by atoms with Crippen LogP contribution >= 0.6 is 11.3 Å². The van der Waals surface area contributed by atoms with Gasteiger partial charge in [-0.05, 0) is 22.4 Å². The van der Waals surface area contributed by atoms with Gasteiger partial charge in [0.05, 0.1) is 0 Å². The maximum absolute atomic E-state index is 11.4. The quantitative estimate of drug-likeness (QED) is 0.760. The molecule has 0 aliphatic carbocycles. The van der Waals surface area contributed by atoms with Gasteiger partial charge in [0.15, 0.2) is 5.71 Å². The van der Waals surface area contributed by atoms with Crippen molar-refractivity contribution in [2.75, 3.05) is 0 Å². The summed E-state index contributed by atoms with van der Waals surface area (Å²) in [5.41, 5.74) is 3.23. The first-order valence-corrected chi connectivity index (χ1v) is 5.72. The topological polar surface area (TPSA) is 54.1 Å². The molecule has 4 nitrogen and oxygen atoms in total. The lowest BCUT2D eigenvalue weighted by molar-refractivity contribution is -0.111. The average Bonchev–Trinajstić information content (AvgIpc) is 2.90. The second kappa shape index (κ2) is 3.61. The minimum absolute atomic E-state index is 0.304. The number of nitrogens with zero attached hydrogens (tertiary/aromatic N) is 3. The molecule has 0 N–H and O–H groups in total. The molecule has 16 heavy (non-hydrogen) atoms. The van der Waals surface area contributed by atoms with E-state index < -0.39 is 0 Å². The standard InChI is InChI=1S/C11H7N3OS/c15-11-10-9(13-6-14-11)8(4-12-10)3-7-1-2-16-5-7/h1-2,4-6H,3H2. The van der Waals surface area contributed by atoms with Crippen LogP contribution in [0.3, 0.4) is 0 Å². The van der Waals surface area contributed by atoms with Gasteiger partial charge >= 0.3 is 0 Å². The van der Waals surface area contributed by atoms with Crippen molar-refractivity contribution in [1.82, 2.24) is 0 Å². The van der Waals surface area contributed by atoms with Crippen molar-refractivity contribution in [2.24, 2.45) is 15.0 Å². The van der Waals surface area contributed by atoms with E-state index in [0.29, 0.717) is 11.4 Å². The highest BCUT2D eigenvalue weighted by molar-refractivity contribution is 7.08. The largest absolute Gasteiger partial charge is 0.299 e. The highest BCUT2D eigenvalue weighted by Crippen LogP contribution is 2.19. The molecule has 0 spiro atoms. The van der Waals surface area contributed by atoms with Crippen LogP contribution in [-0.2, 0) is 11.2 Å². The molecule has 0 bridgehead atoms. The molecule has 0 atom stereocenters. The maximum atomic E-state index is 11.4. The van der Waals surface area contributed by atoms with Crippen LogP contribution in [0.15, 0.2) is 43.6 Å². The summed E-state index contributed by atoms with van der Waals surface area (Å²) in [6.45, 7) is 0. The Morgan fingerprint density at radius 2 is 2.19 bits per heavy atom. The number of thiophene rings is 1. The lowest BCUT2D eigenvalue weighted by Crippen LogP contribution is -2.25. The third kappa shape index (κ3) is 1.45. The van der Waals surface area contributed by atoms with Crippen LogP contribution in [0, 0.1) is 0 Å². The fourth-order valence-electron chi connectivity index (χ4n) is 1.66. The first kappa shape index (κ1) is 9.35. The summed E-state index contributed by atoms with van der Waals surface area (Å²) in [4.78, 5) is 23.2. The Morgan fingerprint density at radius 3 is 3.00 bits per heavy atom. The number of aliphatic imine (C=N–C) groups is 3. The second-order valence-corrected chi connectivity index (χ2v) is 4.25. The number of hydrogen-bond donors (Lipinski definition) is 0. The van der Waals surface area contributed by atoms with E-state index in [1.807, 2.05) is 5.38 Å². The van der Waals surface area contributed by atoms with Gasteiger partial charge < -0.3 is 0 Å². The average molecular weight is 229 g/mol. The number of rotatable bonds is 2. The van der Waals surface area contributed by atoms with E-state index >= 15 is 0 Å². The molecule has 0 unspecified atom stereocenters. The van der Waals surface area contributed by atoms with E-state index in [0.717, 1.165) is 12.0 Å². The van der Waals surface area contributed by atoms with Crippen LogP contribution in [-0.4, -0.2) is 23.7 Å². The van der Waals surface area contributed by atoms with Crippen molar-refractivity contribution in [3.05, 3.63) is 34.2 Å². The van der Waals surface area contributed by atoms with Crippen molar-refractivity contribution in [1.29, 1.82) is 0 Å². The summed E-state index contributed by atoms with van der Waals surface area (Å²) in [7, 11) is 0. The molecule has 1 amide bonds. The Labute approximate surface area is 95.8 Å². The molecule has 0 aromatic carbocycles. The molecule has 78 valence electrons. The van der Waals surface area contributed by atoms with E-state index in [1.54, 1.807) is 17.5 Å². The Hall–Kier alpha value is -1.88. The Balaban J connectivity index is 1.88. The van der Waals surface area contributed by atoms with Gasteiger partial charge in [-0.2, -0.15) is 16.3 Å². The van der Waals surface area contributed by atoms with Gasteiger partial charge in [-0.1, -0.05) is 0 Å². The highest BCUT2D eigenvalue weighted by Gasteiger charge is 2.26. The highest BCUT2D eigenvalue weighted by atomic mass is 32.1. The third-order valence-corrected chi connectivity index (χ3v) is 3.15. The zero-order valence-corrected chi connectivity index (χ0v) is 9.07. The predicted octanol–water partition coefficient (Wildman–Crippen LogP) is 1.64. The number of allylic oxidation sites excluding steroid dienone is 1. The van der Waals surface area contributed by atoms with E-state index in [2.05, 4.69) is 26.4 Å². The number of carbonyl (C=O) groups is 1. The zero-order chi connectivity index (χ0) is 11.0. The molecule has 5 heteroatoms. The Kier molecular flexibility index (Phi) is 2.11. The lowest BCUT2D eigenvalue weighted by atomic mass is 10.0. The number of carbonyl (C=O) groups excluding carboxylic acids is 1. The van der Waals surface area contributed by atoms with E-state index in [4.69, 9.17) is 0 Å². The fourth-order valence-corrected chi connectivity index (χ4v) is 2.33. The normalized spacial score (nSPS) is 18.0. The molecule has 3 rings (SSSR count). The van der Waals surface area contributed by atoms with Crippen LogP contribution in [0.2, 0.25) is 0 Å². The molecule has 0 saturated heterocycles. The van der Waals surface area contributed by atoms with Crippen molar-refractivity contribution in [2.45, 2.75) is 6.42 Å². The molecule has 1 aromatic heterocycles. The summed E-state index contributed by atoms with van der Waals surface area (Å²) >= 11 is 1.66. The number of amides is 1. The molecule has 0 saturated carbocycles. The minimum Gasteiger partial charge on any atom is -0.265 e. The molecule has 1 aromatic rings. The molecule has 0 radical (unpaired) electrons. The minimum atomic E-state index is -0.304. The van der Waals surface area contributed by atoms with Gasteiger partial charge in [0.2, 0.25) is 0 Å². The van der Waals surface area contributed by atoms with Crippen molar-refractivity contribution < 1.29 is 4.79 Å². The number of hydrogen-bond acceptors (Lipinski definition) is 4. The summed E-state index contributed by atoms with van der Waals surface area (Å²) in [6.07, 6.45) is 3.76. The van der Waals surface area contributed by atoms with Gasteiger partial charge in [0.1, 0.15) is 12.1 Å². The van der Waals surface area contributed by atoms with E-state index in [-0.39, 0.29) is 5.91 Å². The number of fused-ring (bicyclic) bond motifs is 1. The summed E-state index contributed by atoms with van der Waals surface area (Å²) in [6, 6.07) is 2.06. The van der Waals surface area contributed by atoms with E-state index in [9.17, 15) is 4.79 Å². The summed E-state index contributed by atoms with van der Waals surface area (Å²) < 4.78 is 0. The van der Waals surface area contributed by atoms with Gasteiger partial charge in [-0.3, -0.25) is 4.79 Å². The molecule has 0 fully saturated rings. The van der Waals surface area contributed by atoms with Gasteiger partial charge in [0, 0.05) is 18.2 Å². The predicted molar refractivity (Wildman–Crippen MR) is 64.5 cm³/mol. The summed E-state index contributed by atoms with van der Waals surface area (Å²) in [5.74, 6) is -0.304. The van der Waals surface area contributed by atoms with Crippen LogP contribution in [0.4, 0.5) is 0 Å². The van der Waals surface area contributed by atoms with Crippen molar-refractivity contribution >= 4 is 35.0 Å². The van der Waals surface area contributed by atoms with Gasteiger partial charge in [-0.25, -0.2) is 9.98 Å². The molecular weight excluding hydrogens is 222 g/mol. The molecule has 2 aliphatic heterocycles. The van der Waals surface area contributed by atoms with Crippen LogP contribution in [0.5, 0.6) is 0 Å². The maximum Gasteiger partial charge on any atom is 0.299 e. The SMILES string of the molecule is O=C1N=CN=C2C(Cc3ccsc3)=CN=C12. The molecular formula is C11H7N3OS. The van der Waals surface area contributed by atoms with Crippen LogP contribution in [0.1, 0.15) is 5.56 Å². The van der Waals surface area contributed by atoms with Crippen LogP contribution in [0.25, 0.3) is 0 Å². The fraction of sp³-hybridized carbons (Fsp3) is 0.0909. The van der Waals surface area contributed by atoms with Crippen LogP contribution < -0.4 is 0 Å².